The highest BCUT2D eigenvalue weighted by Gasteiger charge is 2.42. The highest BCUT2D eigenvalue weighted by atomic mass is 16.5. The van der Waals surface area contributed by atoms with Gasteiger partial charge in [0.25, 0.3) is 0 Å². The van der Waals surface area contributed by atoms with Crippen molar-refractivity contribution in [3.05, 3.63) is 0 Å². The molecule has 0 radical (unpaired) electrons. The van der Waals surface area contributed by atoms with Gasteiger partial charge in [-0.2, -0.15) is 0 Å². The van der Waals surface area contributed by atoms with Crippen LogP contribution in [0, 0.1) is 11.3 Å². The van der Waals surface area contributed by atoms with Crippen molar-refractivity contribution in [1.82, 2.24) is 10.2 Å². The topological polar surface area (TPSA) is 24.5 Å². The number of fused-ring (bicyclic) bond motifs is 2. The Hall–Kier alpha value is -0.120. The molecule has 0 amide bonds. The number of likely N-dealkylation sites (tertiary alicyclic amines) is 1. The van der Waals surface area contributed by atoms with Crippen molar-refractivity contribution in [2.24, 2.45) is 11.3 Å². The van der Waals surface area contributed by atoms with E-state index in [-0.39, 0.29) is 0 Å². The van der Waals surface area contributed by atoms with E-state index in [2.05, 4.69) is 10.2 Å². The Kier molecular flexibility index (Phi) is 5.58. The molecule has 2 bridgehead atoms. The number of piperidine rings is 1. The Morgan fingerprint density at radius 2 is 1.95 bits per heavy atom. The summed E-state index contributed by atoms with van der Waals surface area (Å²) in [6, 6.07) is 0.925. The average molecular weight is 294 g/mol. The lowest BCUT2D eigenvalue weighted by Gasteiger charge is -2.40. The van der Waals surface area contributed by atoms with Gasteiger partial charge >= 0.3 is 0 Å². The summed E-state index contributed by atoms with van der Waals surface area (Å²) in [5, 5.41) is 3.69. The van der Waals surface area contributed by atoms with Gasteiger partial charge < -0.3 is 10.1 Å². The summed E-state index contributed by atoms with van der Waals surface area (Å²) < 4.78 is 5.19. The fourth-order valence-corrected chi connectivity index (χ4v) is 5.05. The molecule has 3 heteroatoms. The van der Waals surface area contributed by atoms with Gasteiger partial charge in [-0.25, -0.2) is 0 Å². The van der Waals surface area contributed by atoms with Crippen LogP contribution in [0.1, 0.15) is 57.8 Å². The average Bonchev–Trinajstić information content (AvgIpc) is 3.02. The molecule has 2 aliphatic carbocycles. The smallest absolute Gasteiger partial charge is 0.0587 e. The minimum Gasteiger partial charge on any atom is -0.383 e. The lowest BCUT2D eigenvalue weighted by atomic mass is 9.79. The molecule has 0 aromatic rings. The van der Waals surface area contributed by atoms with Crippen LogP contribution in [0.15, 0.2) is 0 Å². The van der Waals surface area contributed by atoms with Gasteiger partial charge in [-0.1, -0.05) is 25.7 Å². The molecule has 2 atom stereocenters. The summed E-state index contributed by atoms with van der Waals surface area (Å²) in [4.78, 5) is 2.86. The number of nitrogens with one attached hydrogen (secondary N) is 1. The highest BCUT2D eigenvalue weighted by molar-refractivity contribution is 4.96. The number of methoxy groups -OCH3 is 1. The number of rotatable bonds is 7. The molecule has 0 aromatic heterocycles. The van der Waals surface area contributed by atoms with Crippen LogP contribution in [0.5, 0.6) is 0 Å². The van der Waals surface area contributed by atoms with Crippen molar-refractivity contribution < 1.29 is 4.74 Å². The van der Waals surface area contributed by atoms with Crippen LogP contribution >= 0.6 is 0 Å². The molecule has 1 saturated heterocycles. The maximum absolute atomic E-state index is 5.19. The number of nitrogens with zero attached hydrogens (tertiary/aromatic N) is 1. The first-order valence-corrected chi connectivity index (χ1v) is 9.25. The summed E-state index contributed by atoms with van der Waals surface area (Å²) in [6.07, 6.45) is 13.1. The first kappa shape index (κ1) is 15.8. The van der Waals surface area contributed by atoms with E-state index in [1.54, 1.807) is 7.11 Å². The van der Waals surface area contributed by atoms with Crippen molar-refractivity contribution in [2.45, 2.75) is 63.8 Å². The standard InChI is InChI=1S/C18H34N2O/c1-21-11-10-19-14-18(8-4-2-3-5-9-18)15-20-13-16-6-7-17(20)12-16/h16-17,19H,2-15H2,1H3. The van der Waals surface area contributed by atoms with Gasteiger partial charge in [0.05, 0.1) is 6.61 Å². The number of hydrogen-bond acceptors (Lipinski definition) is 3. The molecule has 2 unspecified atom stereocenters. The zero-order valence-electron chi connectivity index (χ0n) is 13.9. The third kappa shape index (κ3) is 4.00. The summed E-state index contributed by atoms with van der Waals surface area (Å²) in [7, 11) is 1.80. The minimum absolute atomic E-state index is 0.536. The third-order valence-electron chi connectivity index (χ3n) is 6.21. The van der Waals surface area contributed by atoms with Gasteiger partial charge in [0.2, 0.25) is 0 Å². The maximum Gasteiger partial charge on any atom is 0.0587 e. The predicted octanol–water partition coefficient (Wildman–Crippen LogP) is 3.05. The fraction of sp³-hybridized carbons (Fsp3) is 1.00. The summed E-state index contributed by atoms with van der Waals surface area (Å²) in [5.74, 6) is 1.03. The van der Waals surface area contributed by atoms with Crippen molar-refractivity contribution in [2.75, 3.05) is 39.9 Å². The van der Waals surface area contributed by atoms with Crippen LogP contribution in [0.25, 0.3) is 0 Å². The predicted molar refractivity (Wildman–Crippen MR) is 87.6 cm³/mol. The lowest BCUT2D eigenvalue weighted by Crippen LogP contribution is -2.47. The number of ether oxygens (including phenoxy) is 1. The van der Waals surface area contributed by atoms with E-state index < -0.39 is 0 Å². The van der Waals surface area contributed by atoms with Gasteiger partial charge in [0.1, 0.15) is 0 Å². The van der Waals surface area contributed by atoms with Gasteiger partial charge in [0, 0.05) is 39.3 Å². The molecule has 21 heavy (non-hydrogen) atoms. The Morgan fingerprint density at radius 3 is 2.57 bits per heavy atom. The molecule has 1 aliphatic heterocycles. The van der Waals surface area contributed by atoms with E-state index in [9.17, 15) is 0 Å². The second-order valence-electron chi connectivity index (χ2n) is 7.85. The molecule has 0 aromatic carbocycles. The second-order valence-corrected chi connectivity index (χ2v) is 7.85. The quantitative estimate of drug-likeness (QED) is 0.577. The molecule has 1 N–H and O–H groups in total. The Bertz CT molecular complexity index is 312. The maximum atomic E-state index is 5.19. The molecule has 1 heterocycles. The lowest BCUT2D eigenvalue weighted by molar-refractivity contribution is 0.0992. The van der Waals surface area contributed by atoms with Crippen LogP contribution in [0.3, 0.4) is 0 Å². The van der Waals surface area contributed by atoms with Gasteiger partial charge in [-0.05, 0) is 43.4 Å². The van der Waals surface area contributed by atoms with Crippen LogP contribution in [-0.4, -0.2) is 50.8 Å². The molecule has 3 nitrogen and oxygen atoms in total. The zero-order chi connectivity index (χ0) is 14.5. The number of hydrogen-bond donors (Lipinski definition) is 1. The van der Waals surface area contributed by atoms with E-state index in [0.717, 1.165) is 25.1 Å². The van der Waals surface area contributed by atoms with E-state index in [1.165, 1.54) is 77.4 Å². The molecule has 3 rings (SSSR count). The first-order chi connectivity index (χ1) is 10.3. The molecular formula is C18H34N2O. The van der Waals surface area contributed by atoms with E-state index in [1.807, 2.05) is 0 Å². The van der Waals surface area contributed by atoms with Crippen molar-refractivity contribution in [1.29, 1.82) is 0 Å². The van der Waals surface area contributed by atoms with Crippen LogP contribution < -0.4 is 5.32 Å². The van der Waals surface area contributed by atoms with E-state index >= 15 is 0 Å². The first-order valence-electron chi connectivity index (χ1n) is 9.25. The summed E-state index contributed by atoms with van der Waals surface area (Å²) >= 11 is 0. The Morgan fingerprint density at radius 1 is 1.14 bits per heavy atom. The van der Waals surface area contributed by atoms with Crippen LogP contribution in [0.2, 0.25) is 0 Å². The fourth-order valence-electron chi connectivity index (χ4n) is 5.05. The molecule has 3 aliphatic rings. The van der Waals surface area contributed by atoms with Crippen molar-refractivity contribution in [3.8, 4) is 0 Å². The molecule has 3 fully saturated rings. The minimum atomic E-state index is 0.536. The van der Waals surface area contributed by atoms with Gasteiger partial charge in [-0.3, -0.25) is 4.90 Å². The van der Waals surface area contributed by atoms with Crippen molar-refractivity contribution >= 4 is 0 Å². The SMILES string of the molecule is COCCNCC1(CN2CC3CCC2C3)CCCCCC1. The molecule has 2 saturated carbocycles. The molecule has 0 spiro atoms. The normalized spacial score (nSPS) is 32.4. The Balaban J connectivity index is 1.57. The van der Waals surface area contributed by atoms with Gasteiger partial charge in [-0.15, -0.1) is 0 Å². The third-order valence-corrected chi connectivity index (χ3v) is 6.21. The van der Waals surface area contributed by atoms with Gasteiger partial charge in [0.15, 0.2) is 0 Å². The Labute approximate surface area is 130 Å². The second kappa shape index (κ2) is 7.43. The summed E-state index contributed by atoms with van der Waals surface area (Å²) in [5.41, 5.74) is 0.536. The van der Waals surface area contributed by atoms with Crippen LogP contribution in [0.4, 0.5) is 0 Å². The zero-order valence-corrected chi connectivity index (χ0v) is 13.9. The van der Waals surface area contributed by atoms with Crippen molar-refractivity contribution in [3.63, 3.8) is 0 Å². The monoisotopic (exact) mass is 294 g/mol. The largest absolute Gasteiger partial charge is 0.383 e. The summed E-state index contributed by atoms with van der Waals surface area (Å²) in [6.45, 7) is 5.79. The van der Waals surface area contributed by atoms with E-state index in [0.29, 0.717) is 5.41 Å². The van der Waals surface area contributed by atoms with Crippen LogP contribution in [-0.2, 0) is 4.74 Å². The van der Waals surface area contributed by atoms with E-state index in [4.69, 9.17) is 4.74 Å². The molecular weight excluding hydrogens is 260 g/mol. The highest BCUT2D eigenvalue weighted by Crippen LogP contribution is 2.42. The molecule has 122 valence electrons.